The fourth-order valence-corrected chi connectivity index (χ4v) is 5.22. The summed E-state index contributed by atoms with van der Waals surface area (Å²) < 4.78 is 99.7. The summed E-state index contributed by atoms with van der Waals surface area (Å²) in [5.74, 6) is -10.4. The van der Waals surface area contributed by atoms with E-state index in [0.717, 1.165) is 36.1 Å². The van der Waals surface area contributed by atoms with Crippen molar-refractivity contribution in [3.8, 4) is 0 Å². The molecular formula is C21H19F7N2O2S2. The molecule has 1 aliphatic carbocycles. The van der Waals surface area contributed by atoms with E-state index in [-0.39, 0.29) is 17.2 Å². The van der Waals surface area contributed by atoms with Crippen molar-refractivity contribution in [3.05, 3.63) is 44.8 Å². The van der Waals surface area contributed by atoms with Crippen molar-refractivity contribution >= 4 is 45.3 Å². The summed E-state index contributed by atoms with van der Waals surface area (Å²) >= 11 is 6.14. The highest BCUT2D eigenvalue weighted by atomic mass is 32.1. The monoisotopic (exact) mass is 528 g/mol. The fraction of sp³-hybridized carbons (Fsp3) is 0.429. The number of ether oxygens (including phenoxy) is 1. The molecule has 13 heteroatoms. The largest absolute Gasteiger partial charge is 0.462 e. The molecule has 2 N–H and O–H groups in total. The van der Waals surface area contributed by atoms with Crippen LogP contribution in [0.2, 0.25) is 0 Å². The zero-order valence-electron chi connectivity index (χ0n) is 17.7. The van der Waals surface area contributed by atoms with Crippen LogP contribution in [0.15, 0.2) is 0 Å². The van der Waals surface area contributed by atoms with Gasteiger partial charge in [-0.15, -0.1) is 11.3 Å². The van der Waals surface area contributed by atoms with Crippen LogP contribution in [0.1, 0.15) is 59.0 Å². The van der Waals surface area contributed by atoms with Crippen LogP contribution in [0, 0.1) is 23.3 Å². The molecule has 1 aromatic carbocycles. The summed E-state index contributed by atoms with van der Waals surface area (Å²) in [5, 5.41) is 4.04. The molecule has 1 aliphatic rings. The van der Waals surface area contributed by atoms with E-state index in [2.05, 4.69) is 5.32 Å². The lowest BCUT2D eigenvalue weighted by atomic mass is 9.96. The van der Waals surface area contributed by atoms with E-state index in [1.165, 1.54) is 11.3 Å². The Kier molecular flexibility index (Phi) is 8.06. The summed E-state index contributed by atoms with van der Waals surface area (Å²) in [7, 11) is 0. The third kappa shape index (κ3) is 5.29. The minimum atomic E-state index is -5.66. The van der Waals surface area contributed by atoms with Gasteiger partial charge in [0.25, 0.3) is 0 Å². The molecule has 0 saturated carbocycles. The van der Waals surface area contributed by atoms with Crippen LogP contribution in [0.25, 0.3) is 0 Å². The molecule has 4 nitrogen and oxygen atoms in total. The second-order valence-corrected chi connectivity index (χ2v) is 8.94. The number of esters is 1. The van der Waals surface area contributed by atoms with Gasteiger partial charge in [-0.1, -0.05) is 12.8 Å². The number of alkyl halides is 3. The van der Waals surface area contributed by atoms with E-state index in [9.17, 15) is 35.5 Å². The summed E-state index contributed by atoms with van der Waals surface area (Å²) in [6.07, 6.45) is -0.665. The molecule has 0 atom stereocenters. The lowest BCUT2D eigenvalue weighted by Crippen LogP contribution is -2.24. The van der Waals surface area contributed by atoms with Gasteiger partial charge in [0.2, 0.25) is 0 Å². The molecule has 1 heterocycles. The Bertz CT molecular complexity index is 1090. The molecule has 0 fully saturated rings. The van der Waals surface area contributed by atoms with Crippen molar-refractivity contribution in [1.29, 1.82) is 0 Å². The van der Waals surface area contributed by atoms with Gasteiger partial charge in [0, 0.05) is 4.88 Å². The topological polar surface area (TPSA) is 50.4 Å². The smallest absolute Gasteiger partial charge is 0.422 e. The molecule has 1 aromatic heterocycles. The molecule has 0 radical (unpaired) electrons. The lowest BCUT2D eigenvalue weighted by molar-refractivity contribution is -0.143. The predicted molar refractivity (Wildman–Crippen MR) is 117 cm³/mol. The average Bonchev–Trinajstić information content (AvgIpc) is 3.05. The lowest BCUT2D eigenvalue weighted by Gasteiger charge is -2.16. The Morgan fingerprint density at radius 2 is 1.56 bits per heavy atom. The van der Waals surface area contributed by atoms with Gasteiger partial charge in [0.1, 0.15) is 16.3 Å². The van der Waals surface area contributed by atoms with Gasteiger partial charge in [0.15, 0.2) is 28.4 Å². The number of thiocarbonyl (C=S) groups is 1. The van der Waals surface area contributed by atoms with Crippen molar-refractivity contribution < 1.29 is 40.3 Å². The van der Waals surface area contributed by atoms with Crippen LogP contribution in [0.4, 0.5) is 41.4 Å². The zero-order valence-corrected chi connectivity index (χ0v) is 19.4. The highest BCUT2D eigenvalue weighted by Gasteiger charge is 2.42. The minimum Gasteiger partial charge on any atom is -0.462 e. The number of rotatable bonds is 4. The first kappa shape index (κ1) is 26.2. The van der Waals surface area contributed by atoms with Gasteiger partial charge in [-0.2, -0.15) is 13.2 Å². The van der Waals surface area contributed by atoms with Crippen LogP contribution in [-0.2, 0) is 23.8 Å². The molecule has 0 spiro atoms. The number of carbonyl (C=O) groups excluding carboxylic acids is 1. The van der Waals surface area contributed by atoms with Gasteiger partial charge in [-0.25, -0.2) is 22.4 Å². The number of anilines is 2. The molecule has 0 saturated heterocycles. The summed E-state index contributed by atoms with van der Waals surface area (Å²) in [6.45, 7) is 1.71. The number of hydrogen-bond acceptors (Lipinski definition) is 4. The van der Waals surface area contributed by atoms with E-state index < -0.39 is 51.8 Å². The van der Waals surface area contributed by atoms with Gasteiger partial charge in [-0.3, -0.25) is 0 Å². The molecule has 3 rings (SSSR count). The number of thiophene rings is 1. The summed E-state index contributed by atoms with van der Waals surface area (Å²) in [6, 6.07) is 0. The van der Waals surface area contributed by atoms with Crippen molar-refractivity contribution in [3.63, 3.8) is 0 Å². The maximum atomic E-state index is 14.2. The van der Waals surface area contributed by atoms with Crippen molar-refractivity contribution in [1.82, 2.24) is 0 Å². The first-order chi connectivity index (χ1) is 16.0. The normalized spacial score (nSPS) is 14.1. The summed E-state index contributed by atoms with van der Waals surface area (Å²) in [4.78, 5) is 13.5. The number of halogens is 7. The van der Waals surface area contributed by atoms with Gasteiger partial charge in [0.05, 0.1) is 12.2 Å². The third-order valence-corrected chi connectivity index (χ3v) is 6.57. The minimum absolute atomic E-state index is 0.0894. The SMILES string of the molecule is CCOC(=O)c1c(NC(=S)Nc2c(F)c(F)c(C(F)(F)F)c(F)c2F)sc2c1CCCCCC2. The van der Waals surface area contributed by atoms with E-state index in [1.54, 1.807) is 6.92 Å². The second kappa shape index (κ2) is 10.5. The fourth-order valence-electron chi connectivity index (χ4n) is 3.66. The Morgan fingerprint density at radius 1 is 0.971 bits per heavy atom. The van der Waals surface area contributed by atoms with Crippen molar-refractivity contribution in [2.75, 3.05) is 17.2 Å². The van der Waals surface area contributed by atoms with Gasteiger partial charge < -0.3 is 15.4 Å². The highest BCUT2D eigenvalue weighted by Crippen LogP contribution is 2.40. The Labute approximate surface area is 199 Å². The van der Waals surface area contributed by atoms with Crippen LogP contribution < -0.4 is 10.6 Å². The molecule has 186 valence electrons. The number of benzene rings is 1. The Hall–Kier alpha value is -2.41. The van der Waals surface area contributed by atoms with Gasteiger partial charge in [-0.05, 0) is 50.4 Å². The third-order valence-electron chi connectivity index (χ3n) is 5.16. The molecule has 0 unspecified atom stereocenters. The number of carbonyl (C=O) groups is 1. The molecule has 0 bridgehead atoms. The maximum absolute atomic E-state index is 14.2. The van der Waals surface area contributed by atoms with Gasteiger partial charge >= 0.3 is 12.1 Å². The van der Waals surface area contributed by atoms with Crippen LogP contribution in [-0.4, -0.2) is 17.7 Å². The number of hydrogen-bond donors (Lipinski definition) is 2. The van der Waals surface area contributed by atoms with Crippen LogP contribution in [0.5, 0.6) is 0 Å². The number of aryl methyl sites for hydroxylation is 1. The van der Waals surface area contributed by atoms with E-state index in [4.69, 9.17) is 17.0 Å². The average molecular weight is 529 g/mol. The Balaban J connectivity index is 1.95. The molecule has 0 amide bonds. The van der Waals surface area contributed by atoms with Crippen LogP contribution >= 0.6 is 23.6 Å². The Morgan fingerprint density at radius 3 is 2.12 bits per heavy atom. The standard InChI is InChI=1S/C21H19F7N2O2S2/c1-2-32-19(31)11-9-7-5-3-4-6-8-10(9)34-18(11)30-20(33)29-17-15(24)13(22)12(21(26,27)28)14(23)16(17)25/h2-8H2,1H3,(H2,29,30,33). The number of nitrogens with one attached hydrogen (secondary N) is 2. The summed E-state index contributed by atoms with van der Waals surface area (Å²) in [5.41, 5.74) is -3.27. The second-order valence-electron chi connectivity index (χ2n) is 7.43. The zero-order chi connectivity index (χ0) is 25.2. The maximum Gasteiger partial charge on any atom is 0.422 e. The van der Waals surface area contributed by atoms with E-state index >= 15 is 0 Å². The molecule has 0 aliphatic heterocycles. The van der Waals surface area contributed by atoms with Crippen LogP contribution in [0.3, 0.4) is 0 Å². The predicted octanol–water partition coefficient (Wildman–Crippen LogP) is 6.97. The number of fused-ring (bicyclic) bond motifs is 1. The molecule has 34 heavy (non-hydrogen) atoms. The van der Waals surface area contributed by atoms with Crippen molar-refractivity contribution in [2.45, 2.75) is 51.6 Å². The quantitative estimate of drug-likeness (QED) is 0.194. The molecular weight excluding hydrogens is 509 g/mol. The first-order valence-electron chi connectivity index (χ1n) is 10.3. The highest BCUT2D eigenvalue weighted by molar-refractivity contribution is 7.80. The van der Waals surface area contributed by atoms with Crippen molar-refractivity contribution in [2.24, 2.45) is 0 Å². The van der Waals surface area contributed by atoms with E-state index in [1.807, 2.05) is 5.32 Å². The first-order valence-corrected chi connectivity index (χ1v) is 11.5. The molecule has 2 aromatic rings. The van der Waals surface area contributed by atoms with E-state index in [0.29, 0.717) is 12.8 Å².